The molecule has 2 N–H and O–H groups in total. The molecule has 1 amide bonds. The number of aryl methyl sites for hydroxylation is 1. The third kappa shape index (κ3) is 3.96. The van der Waals surface area contributed by atoms with Crippen LogP contribution in [0, 0.1) is 13.8 Å². The Bertz CT molecular complexity index is 530. The lowest BCUT2D eigenvalue weighted by atomic mass is 10.1. The van der Waals surface area contributed by atoms with Crippen LogP contribution in [0.5, 0.6) is 0 Å². The minimum atomic E-state index is -0.0993. The summed E-state index contributed by atoms with van der Waals surface area (Å²) in [5, 5.41) is 2.95. The van der Waals surface area contributed by atoms with Crippen LogP contribution in [0.1, 0.15) is 38.5 Å². The van der Waals surface area contributed by atoms with Crippen molar-refractivity contribution in [2.45, 2.75) is 20.3 Å². The van der Waals surface area contributed by atoms with Gasteiger partial charge in [-0.05, 0) is 39.4 Å². The van der Waals surface area contributed by atoms with E-state index in [0.717, 1.165) is 56.7 Å². The number of aromatic nitrogens is 1. The van der Waals surface area contributed by atoms with E-state index in [9.17, 15) is 9.59 Å². The van der Waals surface area contributed by atoms with E-state index in [-0.39, 0.29) is 5.91 Å². The van der Waals surface area contributed by atoms with Crippen LogP contribution in [-0.4, -0.2) is 73.3 Å². The molecular formula is C16H26N4O2. The van der Waals surface area contributed by atoms with E-state index in [1.165, 1.54) is 0 Å². The van der Waals surface area contributed by atoms with Gasteiger partial charge in [0.1, 0.15) is 0 Å². The summed E-state index contributed by atoms with van der Waals surface area (Å²) in [6.07, 6.45) is 1.70. The van der Waals surface area contributed by atoms with Crippen molar-refractivity contribution < 1.29 is 9.59 Å². The number of likely N-dealkylation sites (N-methyl/N-ethyl adjacent to an activating group) is 1. The Kier molecular flexibility index (Phi) is 5.74. The molecule has 0 unspecified atom stereocenters. The lowest BCUT2D eigenvalue weighted by molar-refractivity contribution is 0.0948. The first-order valence-corrected chi connectivity index (χ1v) is 7.86. The highest BCUT2D eigenvalue weighted by molar-refractivity contribution is 5.99. The van der Waals surface area contributed by atoms with Crippen LogP contribution in [0.25, 0.3) is 0 Å². The molecule has 6 heteroatoms. The number of carbonyl (C=O) groups excluding carboxylic acids is 2. The smallest absolute Gasteiger partial charge is 0.253 e. The first-order chi connectivity index (χ1) is 10.5. The fraction of sp³-hybridized carbons (Fsp3) is 0.625. The second-order valence-corrected chi connectivity index (χ2v) is 6.04. The lowest BCUT2D eigenvalue weighted by Crippen LogP contribution is -2.45. The van der Waals surface area contributed by atoms with Crippen molar-refractivity contribution in [3.05, 3.63) is 22.5 Å². The maximum Gasteiger partial charge on any atom is 0.253 e. The highest BCUT2D eigenvalue weighted by Crippen LogP contribution is 2.16. The van der Waals surface area contributed by atoms with E-state index < -0.39 is 0 Å². The zero-order valence-corrected chi connectivity index (χ0v) is 13.7. The maximum absolute atomic E-state index is 12.2. The van der Waals surface area contributed by atoms with Crippen LogP contribution >= 0.6 is 0 Å². The van der Waals surface area contributed by atoms with Gasteiger partial charge in [-0.2, -0.15) is 0 Å². The lowest BCUT2D eigenvalue weighted by Gasteiger charge is -2.32. The Balaban J connectivity index is 1.76. The number of piperazine rings is 1. The molecule has 0 atom stereocenters. The highest BCUT2D eigenvalue weighted by Gasteiger charge is 2.18. The second kappa shape index (κ2) is 7.56. The van der Waals surface area contributed by atoms with Crippen molar-refractivity contribution in [2.75, 3.05) is 46.3 Å². The van der Waals surface area contributed by atoms with Gasteiger partial charge in [0.05, 0.1) is 11.3 Å². The number of amides is 1. The summed E-state index contributed by atoms with van der Waals surface area (Å²) in [6, 6.07) is 0. The Morgan fingerprint density at radius 3 is 2.55 bits per heavy atom. The molecule has 22 heavy (non-hydrogen) atoms. The van der Waals surface area contributed by atoms with E-state index in [2.05, 4.69) is 27.1 Å². The fourth-order valence-corrected chi connectivity index (χ4v) is 2.90. The van der Waals surface area contributed by atoms with Gasteiger partial charge in [0.2, 0.25) is 0 Å². The summed E-state index contributed by atoms with van der Waals surface area (Å²) in [4.78, 5) is 30.9. The Hall–Kier alpha value is -1.66. The van der Waals surface area contributed by atoms with Gasteiger partial charge in [-0.15, -0.1) is 0 Å². The Morgan fingerprint density at radius 1 is 1.27 bits per heavy atom. The van der Waals surface area contributed by atoms with Gasteiger partial charge in [-0.3, -0.25) is 9.59 Å². The molecule has 1 saturated heterocycles. The number of hydrogen-bond acceptors (Lipinski definition) is 4. The average Bonchev–Trinajstić information content (AvgIpc) is 2.79. The topological polar surface area (TPSA) is 68.4 Å². The molecule has 0 aromatic carbocycles. The van der Waals surface area contributed by atoms with Crippen LogP contribution in [0.15, 0.2) is 0 Å². The average molecular weight is 306 g/mol. The Labute approximate surface area is 131 Å². The summed E-state index contributed by atoms with van der Waals surface area (Å²) < 4.78 is 0. The summed E-state index contributed by atoms with van der Waals surface area (Å²) >= 11 is 0. The van der Waals surface area contributed by atoms with Crippen LogP contribution in [0.3, 0.4) is 0 Å². The summed E-state index contributed by atoms with van der Waals surface area (Å²) in [5.74, 6) is -0.0993. The molecule has 122 valence electrons. The molecule has 0 radical (unpaired) electrons. The van der Waals surface area contributed by atoms with Crippen molar-refractivity contribution in [3.8, 4) is 0 Å². The molecule has 2 heterocycles. The summed E-state index contributed by atoms with van der Waals surface area (Å²) in [7, 11) is 2.15. The van der Waals surface area contributed by atoms with E-state index in [0.29, 0.717) is 17.8 Å². The number of H-pyrrole nitrogens is 1. The predicted molar refractivity (Wildman–Crippen MR) is 86.5 cm³/mol. The standard InChI is InChI=1S/C16H26N4O2/c1-12-14(11-21)18-13(2)15(12)16(22)17-5-4-6-20-9-7-19(3)8-10-20/h11,18H,4-10H2,1-3H3,(H,17,22). The molecule has 1 aliphatic heterocycles. The van der Waals surface area contributed by atoms with Gasteiger partial charge >= 0.3 is 0 Å². The number of hydrogen-bond donors (Lipinski definition) is 2. The second-order valence-electron chi connectivity index (χ2n) is 6.04. The van der Waals surface area contributed by atoms with Gasteiger partial charge in [-0.25, -0.2) is 0 Å². The zero-order chi connectivity index (χ0) is 16.1. The molecule has 0 aliphatic carbocycles. The molecule has 1 aromatic heterocycles. The normalized spacial score (nSPS) is 16.7. The third-order valence-electron chi connectivity index (χ3n) is 4.35. The number of aldehydes is 1. The van der Waals surface area contributed by atoms with Crippen molar-refractivity contribution in [1.82, 2.24) is 20.1 Å². The molecular weight excluding hydrogens is 280 g/mol. The zero-order valence-electron chi connectivity index (χ0n) is 13.7. The minimum Gasteiger partial charge on any atom is -0.356 e. The van der Waals surface area contributed by atoms with E-state index in [1.54, 1.807) is 6.92 Å². The van der Waals surface area contributed by atoms with Gasteiger partial charge in [0.15, 0.2) is 6.29 Å². The van der Waals surface area contributed by atoms with Crippen molar-refractivity contribution in [2.24, 2.45) is 0 Å². The highest BCUT2D eigenvalue weighted by atomic mass is 16.1. The number of nitrogens with one attached hydrogen (secondary N) is 2. The first-order valence-electron chi connectivity index (χ1n) is 7.86. The molecule has 0 bridgehead atoms. The SMILES string of the molecule is Cc1[nH]c(C=O)c(C)c1C(=O)NCCCN1CCN(C)CC1. The van der Waals surface area contributed by atoms with E-state index in [4.69, 9.17) is 0 Å². The minimum absolute atomic E-state index is 0.0993. The number of aromatic amines is 1. The van der Waals surface area contributed by atoms with E-state index >= 15 is 0 Å². The van der Waals surface area contributed by atoms with Crippen molar-refractivity contribution in [1.29, 1.82) is 0 Å². The molecule has 2 rings (SSSR count). The summed E-state index contributed by atoms with van der Waals surface area (Å²) in [6.45, 7) is 9.72. The van der Waals surface area contributed by atoms with Crippen molar-refractivity contribution in [3.63, 3.8) is 0 Å². The van der Waals surface area contributed by atoms with Gasteiger partial charge in [0, 0.05) is 38.4 Å². The molecule has 1 aliphatic rings. The fourth-order valence-electron chi connectivity index (χ4n) is 2.90. The molecule has 1 fully saturated rings. The van der Waals surface area contributed by atoms with E-state index in [1.807, 2.05) is 6.92 Å². The largest absolute Gasteiger partial charge is 0.356 e. The maximum atomic E-state index is 12.2. The van der Waals surface area contributed by atoms with Crippen LogP contribution in [-0.2, 0) is 0 Å². The molecule has 0 saturated carbocycles. The van der Waals surface area contributed by atoms with Crippen LogP contribution in [0.4, 0.5) is 0 Å². The predicted octanol–water partition coefficient (Wildman–Crippen LogP) is 0.811. The number of carbonyl (C=O) groups is 2. The first kappa shape index (κ1) is 16.7. The van der Waals surface area contributed by atoms with Gasteiger partial charge < -0.3 is 20.1 Å². The number of rotatable bonds is 6. The molecule has 0 spiro atoms. The Morgan fingerprint density at radius 2 is 1.95 bits per heavy atom. The third-order valence-corrected chi connectivity index (χ3v) is 4.35. The van der Waals surface area contributed by atoms with Gasteiger partial charge in [-0.1, -0.05) is 0 Å². The molecule has 6 nitrogen and oxygen atoms in total. The van der Waals surface area contributed by atoms with Crippen molar-refractivity contribution >= 4 is 12.2 Å². The van der Waals surface area contributed by atoms with Crippen LogP contribution in [0.2, 0.25) is 0 Å². The summed E-state index contributed by atoms with van der Waals surface area (Å²) in [5.41, 5.74) is 2.56. The monoisotopic (exact) mass is 306 g/mol. The number of nitrogens with zero attached hydrogens (tertiary/aromatic N) is 2. The van der Waals surface area contributed by atoms with Gasteiger partial charge in [0.25, 0.3) is 5.91 Å². The quantitative estimate of drug-likeness (QED) is 0.603. The van der Waals surface area contributed by atoms with Crippen LogP contribution < -0.4 is 5.32 Å². The molecule has 1 aromatic rings.